The van der Waals surface area contributed by atoms with Crippen molar-refractivity contribution in [2.75, 3.05) is 6.61 Å². The predicted molar refractivity (Wildman–Crippen MR) is 78.5 cm³/mol. The summed E-state index contributed by atoms with van der Waals surface area (Å²) in [6.45, 7) is 2.49. The van der Waals surface area contributed by atoms with Gasteiger partial charge in [0.15, 0.2) is 5.78 Å². The smallest absolute Gasteiger partial charge is 0.167 e. The molecule has 1 aliphatic carbocycles. The molecule has 1 aromatic rings. The molecule has 0 saturated heterocycles. The van der Waals surface area contributed by atoms with Crippen LogP contribution in [0.25, 0.3) is 0 Å². The Bertz CT molecular complexity index is 421. The van der Waals surface area contributed by atoms with Gasteiger partial charge in [-0.1, -0.05) is 49.6 Å². The minimum atomic E-state index is -1.12. The van der Waals surface area contributed by atoms with E-state index in [1.807, 2.05) is 37.3 Å². The first kappa shape index (κ1) is 15.2. The molecule has 1 saturated carbocycles. The number of carbonyl (C=O) groups excluding carboxylic acids is 1. The molecule has 1 unspecified atom stereocenters. The minimum absolute atomic E-state index is 0.0699. The van der Waals surface area contributed by atoms with Crippen molar-refractivity contribution in [3.63, 3.8) is 0 Å². The van der Waals surface area contributed by atoms with Crippen molar-refractivity contribution in [3.05, 3.63) is 35.9 Å². The molecule has 1 aromatic carbocycles. The van der Waals surface area contributed by atoms with Gasteiger partial charge in [-0.25, -0.2) is 0 Å². The summed E-state index contributed by atoms with van der Waals surface area (Å²) < 4.78 is 5.70. The summed E-state index contributed by atoms with van der Waals surface area (Å²) in [4.78, 5) is 12.4. The van der Waals surface area contributed by atoms with Crippen LogP contribution in [0.4, 0.5) is 0 Å². The van der Waals surface area contributed by atoms with E-state index in [0.717, 1.165) is 24.8 Å². The molecule has 1 atom stereocenters. The van der Waals surface area contributed by atoms with Gasteiger partial charge in [0.25, 0.3) is 0 Å². The summed E-state index contributed by atoms with van der Waals surface area (Å²) >= 11 is 0. The molecule has 0 heterocycles. The fraction of sp³-hybridized carbons (Fsp3) is 0.588. The standard InChI is InChI=1S/C17H24O3/c1-2-20-15(14-9-5-3-6-10-14)13-16(18)17(19)11-7-4-8-12-17/h3,5-6,9-10,15,19H,2,4,7-8,11-13H2,1H3. The fourth-order valence-electron chi connectivity index (χ4n) is 2.92. The zero-order valence-electron chi connectivity index (χ0n) is 12.2. The molecular formula is C17H24O3. The highest BCUT2D eigenvalue weighted by Gasteiger charge is 2.37. The summed E-state index contributed by atoms with van der Waals surface area (Å²) in [7, 11) is 0. The van der Waals surface area contributed by atoms with Crippen molar-refractivity contribution in [2.24, 2.45) is 0 Å². The predicted octanol–water partition coefficient (Wildman–Crippen LogP) is 3.42. The first-order chi connectivity index (χ1) is 9.65. The lowest BCUT2D eigenvalue weighted by Gasteiger charge is -2.31. The molecule has 0 spiro atoms. The van der Waals surface area contributed by atoms with Gasteiger partial charge >= 0.3 is 0 Å². The maximum absolute atomic E-state index is 12.4. The summed E-state index contributed by atoms with van der Waals surface area (Å²) in [5, 5.41) is 10.5. The van der Waals surface area contributed by atoms with Crippen molar-refractivity contribution in [1.29, 1.82) is 0 Å². The Morgan fingerprint density at radius 3 is 2.50 bits per heavy atom. The average molecular weight is 276 g/mol. The Morgan fingerprint density at radius 2 is 1.90 bits per heavy atom. The first-order valence-corrected chi connectivity index (χ1v) is 7.58. The molecule has 0 bridgehead atoms. The van der Waals surface area contributed by atoms with Crippen LogP contribution < -0.4 is 0 Å². The zero-order chi connectivity index (χ0) is 14.4. The van der Waals surface area contributed by atoms with Crippen LogP contribution in [0.1, 0.15) is 57.1 Å². The summed E-state index contributed by atoms with van der Waals surface area (Å²) in [5.41, 5.74) is -0.121. The Morgan fingerprint density at radius 1 is 1.25 bits per heavy atom. The molecule has 20 heavy (non-hydrogen) atoms. The molecule has 110 valence electrons. The van der Waals surface area contributed by atoms with Gasteiger partial charge < -0.3 is 9.84 Å². The average Bonchev–Trinajstić information content (AvgIpc) is 2.48. The Hall–Kier alpha value is -1.19. The highest BCUT2D eigenvalue weighted by atomic mass is 16.5. The number of benzene rings is 1. The molecule has 2 rings (SSSR count). The normalized spacial score (nSPS) is 19.5. The number of ketones is 1. The third kappa shape index (κ3) is 3.68. The van der Waals surface area contributed by atoms with E-state index >= 15 is 0 Å². The molecule has 0 aliphatic heterocycles. The highest BCUT2D eigenvalue weighted by molar-refractivity contribution is 5.87. The third-order valence-corrected chi connectivity index (χ3v) is 4.11. The van der Waals surface area contributed by atoms with Crippen molar-refractivity contribution < 1.29 is 14.6 Å². The van der Waals surface area contributed by atoms with Crippen LogP contribution in [0, 0.1) is 0 Å². The van der Waals surface area contributed by atoms with E-state index < -0.39 is 5.60 Å². The second-order valence-electron chi connectivity index (χ2n) is 5.57. The van der Waals surface area contributed by atoms with Gasteiger partial charge in [-0.2, -0.15) is 0 Å². The van der Waals surface area contributed by atoms with E-state index in [1.54, 1.807) is 0 Å². The second kappa shape index (κ2) is 7.00. The monoisotopic (exact) mass is 276 g/mol. The summed E-state index contributed by atoms with van der Waals surface area (Å²) in [5.74, 6) is -0.0699. The van der Waals surface area contributed by atoms with E-state index in [-0.39, 0.29) is 18.3 Å². The second-order valence-corrected chi connectivity index (χ2v) is 5.57. The van der Waals surface area contributed by atoms with Crippen molar-refractivity contribution in [3.8, 4) is 0 Å². The van der Waals surface area contributed by atoms with E-state index in [0.29, 0.717) is 19.4 Å². The topological polar surface area (TPSA) is 46.5 Å². The summed E-state index contributed by atoms with van der Waals surface area (Å²) in [6, 6.07) is 9.78. The van der Waals surface area contributed by atoms with Gasteiger partial charge in [-0.3, -0.25) is 4.79 Å². The molecule has 1 aliphatic rings. The largest absolute Gasteiger partial charge is 0.382 e. The molecule has 0 radical (unpaired) electrons. The lowest BCUT2D eigenvalue weighted by atomic mass is 9.79. The fourth-order valence-corrected chi connectivity index (χ4v) is 2.92. The number of Topliss-reactive ketones (excluding diaryl/α,β-unsaturated/α-hetero) is 1. The van der Waals surface area contributed by atoms with Gasteiger partial charge in [0.05, 0.1) is 6.10 Å². The molecule has 1 N–H and O–H groups in total. The van der Waals surface area contributed by atoms with Gasteiger partial charge in [0.1, 0.15) is 5.60 Å². The number of hydrogen-bond acceptors (Lipinski definition) is 3. The SMILES string of the molecule is CCOC(CC(=O)C1(O)CCCCC1)c1ccccc1. The maximum atomic E-state index is 12.4. The van der Waals surface area contributed by atoms with Gasteiger partial charge in [0, 0.05) is 13.0 Å². The van der Waals surface area contributed by atoms with Crippen LogP contribution >= 0.6 is 0 Å². The molecular weight excluding hydrogens is 252 g/mol. The van der Waals surface area contributed by atoms with Crippen molar-refractivity contribution >= 4 is 5.78 Å². The van der Waals surface area contributed by atoms with Crippen molar-refractivity contribution in [1.82, 2.24) is 0 Å². The van der Waals surface area contributed by atoms with E-state index in [1.165, 1.54) is 0 Å². The molecule has 3 nitrogen and oxygen atoms in total. The van der Waals surface area contributed by atoms with Crippen LogP contribution in [0.2, 0.25) is 0 Å². The minimum Gasteiger partial charge on any atom is -0.382 e. The number of hydrogen-bond donors (Lipinski definition) is 1. The molecule has 0 aromatic heterocycles. The number of aliphatic hydroxyl groups is 1. The Balaban J connectivity index is 2.06. The molecule has 0 amide bonds. The first-order valence-electron chi connectivity index (χ1n) is 7.58. The Kier molecular flexibility index (Phi) is 5.32. The lowest BCUT2D eigenvalue weighted by Crippen LogP contribution is -2.41. The summed E-state index contributed by atoms with van der Waals surface area (Å²) in [6.07, 6.45) is 4.19. The van der Waals surface area contributed by atoms with E-state index in [2.05, 4.69) is 0 Å². The number of ether oxygens (including phenoxy) is 1. The third-order valence-electron chi connectivity index (χ3n) is 4.11. The lowest BCUT2D eigenvalue weighted by molar-refractivity contribution is -0.143. The van der Waals surface area contributed by atoms with Gasteiger partial charge in [-0.05, 0) is 25.3 Å². The van der Waals surface area contributed by atoms with Crippen LogP contribution in [0.5, 0.6) is 0 Å². The quantitative estimate of drug-likeness (QED) is 0.866. The molecule has 1 fully saturated rings. The van der Waals surface area contributed by atoms with E-state index in [9.17, 15) is 9.90 Å². The highest BCUT2D eigenvalue weighted by Crippen LogP contribution is 2.32. The van der Waals surface area contributed by atoms with Crippen LogP contribution in [0.15, 0.2) is 30.3 Å². The Labute approximate surface area is 121 Å². The van der Waals surface area contributed by atoms with Gasteiger partial charge in [0.2, 0.25) is 0 Å². The number of rotatable bonds is 6. The van der Waals surface area contributed by atoms with Crippen LogP contribution in [0.3, 0.4) is 0 Å². The maximum Gasteiger partial charge on any atom is 0.167 e. The van der Waals surface area contributed by atoms with Gasteiger partial charge in [-0.15, -0.1) is 0 Å². The van der Waals surface area contributed by atoms with Crippen LogP contribution in [-0.2, 0) is 9.53 Å². The van der Waals surface area contributed by atoms with E-state index in [4.69, 9.17) is 4.74 Å². The molecule has 3 heteroatoms. The van der Waals surface area contributed by atoms with Crippen molar-refractivity contribution in [2.45, 2.75) is 57.2 Å². The zero-order valence-corrected chi connectivity index (χ0v) is 12.2. The van der Waals surface area contributed by atoms with Crippen LogP contribution in [-0.4, -0.2) is 23.1 Å². The number of carbonyl (C=O) groups is 1.